The van der Waals surface area contributed by atoms with Crippen LogP contribution in [0.5, 0.6) is 5.88 Å². The Morgan fingerprint density at radius 3 is 2.50 bits per heavy atom. The minimum atomic E-state index is -0.632. The first kappa shape index (κ1) is 24.7. The molecule has 0 aliphatic rings. The lowest BCUT2D eigenvalue weighted by Gasteiger charge is -2.11. The molecule has 0 spiro atoms. The van der Waals surface area contributed by atoms with E-state index in [9.17, 15) is 13.2 Å². The van der Waals surface area contributed by atoms with Crippen molar-refractivity contribution in [2.75, 3.05) is 27.3 Å². The number of nitriles is 1. The average molecular weight is 468 g/mol. The smallest absolute Gasteiger partial charge is 0.217 e. The predicted octanol–water partition coefficient (Wildman–Crippen LogP) is 4.42. The number of amidine groups is 1. The summed E-state index contributed by atoms with van der Waals surface area (Å²) in [6.07, 6.45) is 0.257. The number of benzene rings is 2. The molecule has 34 heavy (non-hydrogen) atoms. The van der Waals surface area contributed by atoms with Gasteiger partial charge in [0.25, 0.3) is 0 Å². The van der Waals surface area contributed by atoms with E-state index in [-0.39, 0.29) is 35.7 Å². The van der Waals surface area contributed by atoms with Crippen LogP contribution in [0.4, 0.5) is 13.2 Å². The molecule has 0 radical (unpaired) electrons. The van der Waals surface area contributed by atoms with Crippen molar-refractivity contribution in [2.24, 2.45) is 4.99 Å². The Morgan fingerprint density at radius 1 is 1.06 bits per heavy atom. The van der Waals surface area contributed by atoms with E-state index in [1.165, 1.54) is 18.2 Å². The number of rotatable bonds is 9. The summed E-state index contributed by atoms with van der Waals surface area (Å²) < 4.78 is 53.5. The number of methoxy groups -OCH3 is 1. The largest absolute Gasteiger partial charge is 0.473 e. The van der Waals surface area contributed by atoms with Gasteiger partial charge in [-0.3, -0.25) is 4.99 Å². The van der Waals surface area contributed by atoms with Gasteiger partial charge in [0.2, 0.25) is 5.88 Å². The monoisotopic (exact) mass is 468 g/mol. The van der Waals surface area contributed by atoms with Gasteiger partial charge < -0.3 is 14.8 Å². The van der Waals surface area contributed by atoms with E-state index in [1.54, 1.807) is 26.3 Å². The second-order valence-corrected chi connectivity index (χ2v) is 7.29. The summed E-state index contributed by atoms with van der Waals surface area (Å²) >= 11 is 0. The van der Waals surface area contributed by atoms with Gasteiger partial charge in [-0.2, -0.15) is 5.26 Å². The molecular weight excluding hydrogens is 445 g/mol. The van der Waals surface area contributed by atoms with E-state index in [0.29, 0.717) is 30.1 Å². The molecule has 0 aliphatic heterocycles. The van der Waals surface area contributed by atoms with Gasteiger partial charge >= 0.3 is 0 Å². The molecular formula is C25H23F3N4O2. The van der Waals surface area contributed by atoms with Gasteiger partial charge in [0.15, 0.2) is 0 Å². The minimum Gasteiger partial charge on any atom is -0.473 e. The topological polar surface area (TPSA) is 79.5 Å². The molecule has 2 aromatic carbocycles. The fourth-order valence-electron chi connectivity index (χ4n) is 3.13. The minimum absolute atomic E-state index is 0.0778. The number of hydrogen-bond acceptors (Lipinski definition) is 5. The van der Waals surface area contributed by atoms with Gasteiger partial charge in [-0.1, -0.05) is 18.2 Å². The molecule has 3 aromatic rings. The van der Waals surface area contributed by atoms with Gasteiger partial charge in [0.1, 0.15) is 29.9 Å². The van der Waals surface area contributed by atoms with Crippen LogP contribution in [0, 0.1) is 28.8 Å². The van der Waals surface area contributed by atoms with Gasteiger partial charge in [-0.15, -0.1) is 0 Å². The number of nitrogens with zero attached hydrogens (tertiary/aromatic N) is 3. The number of aliphatic imine (C=N–C) groups is 1. The highest BCUT2D eigenvalue weighted by atomic mass is 19.1. The molecule has 0 fully saturated rings. The molecule has 1 N–H and O–H groups in total. The van der Waals surface area contributed by atoms with Crippen molar-refractivity contribution in [2.45, 2.75) is 13.0 Å². The average Bonchev–Trinajstić information content (AvgIpc) is 2.83. The molecule has 1 aromatic heterocycles. The van der Waals surface area contributed by atoms with Crippen molar-refractivity contribution < 1.29 is 22.6 Å². The molecule has 1 heterocycles. The third kappa shape index (κ3) is 6.56. The van der Waals surface area contributed by atoms with E-state index < -0.39 is 17.5 Å². The van der Waals surface area contributed by atoms with Crippen molar-refractivity contribution in [1.82, 2.24) is 10.3 Å². The van der Waals surface area contributed by atoms with E-state index in [0.717, 1.165) is 18.2 Å². The number of nitrogens with one attached hydrogen (secondary N) is 1. The van der Waals surface area contributed by atoms with Gasteiger partial charge in [-0.25, -0.2) is 18.2 Å². The first-order valence-electron chi connectivity index (χ1n) is 10.4. The van der Waals surface area contributed by atoms with Crippen LogP contribution in [-0.4, -0.2) is 38.1 Å². The molecule has 0 amide bonds. The summed E-state index contributed by atoms with van der Waals surface area (Å²) in [6, 6.07) is 12.5. The number of pyridine rings is 1. The number of hydrogen-bond donors (Lipinski definition) is 1. The lowest BCUT2D eigenvalue weighted by Crippen LogP contribution is -2.29. The zero-order chi connectivity index (χ0) is 24.5. The zero-order valence-corrected chi connectivity index (χ0v) is 18.7. The Morgan fingerprint density at radius 2 is 1.82 bits per heavy atom. The van der Waals surface area contributed by atoms with Gasteiger partial charge in [-0.05, 0) is 23.8 Å². The molecule has 6 nitrogen and oxygen atoms in total. The van der Waals surface area contributed by atoms with Crippen LogP contribution in [0.2, 0.25) is 0 Å². The van der Waals surface area contributed by atoms with Crippen molar-refractivity contribution >= 4 is 5.84 Å². The second kappa shape index (κ2) is 11.8. The summed E-state index contributed by atoms with van der Waals surface area (Å²) in [6.45, 7) is 0.828. The van der Waals surface area contributed by atoms with Crippen LogP contribution >= 0.6 is 0 Å². The highest BCUT2D eigenvalue weighted by Crippen LogP contribution is 2.25. The fourth-order valence-corrected chi connectivity index (χ4v) is 3.13. The van der Waals surface area contributed by atoms with Crippen LogP contribution in [0.15, 0.2) is 53.5 Å². The molecule has 0 aliphatic carbocycles. The van der Waals surface area contributed by atoms with Crippen LogP contribution in [-0.2, 0) is 17.8 Å². The predicted molar refractivity (Wildman–Crippen MR) is 122 cm³/mol. The maximum absolute atomic E-state index is 14.8. The fraction of sp³-hybridized carbons (Fsp3) is 0.240. The summed E-state index contributed by atoms with van der Waals surface area (Å²) in [7, 11) is 3.20. The maximum Gasteiger partial charge on any atom is 0.217 e. The highest BCUT2D eigenvalue weighted by molar-refractivity contribution is 5.84. The van der Waals surface area contributed by atoms with Gasteiger partial charge in [0, 0.05) is 50.4 Å². The molecule has 0 saturated carbocycles. The number of ether oxygens (including phenoxy) is 2. The maximum atomic E-state index is 14.8. The molecule has 176 valence electrons. The van der Waals surface area contributed by atoms with Crippen molar-refractivity contribution in [3.8, 4) is 23.2 Å². The molecule has 3 rings (SSSR count). The first-order chi connectivity index (χ1) is 16.4. The van der Waals surface area contributed by atoms with E-state index >= 15 is 0 Å². The van der Waals surface area contributed by atoms with Crippen LogP contribution in [0.25, 0.3) is 11.3 Å². The Bertz CT molecular complexity index is 1230. The van der Waals surface area contributed by atoms with Crippen LogP contribution in [0.3, 0.4) is 0 Å². The Kier molecular flexibility index (Phi) is 8.60. The third-order valence-corrected chi connectivity index (χ3v) is 4.94. The summed E-state index contributed by atoms with van der Waals surface area (Å²) in [5, 5.41) is 11.9. The first-order valence-corrected chi connectivity index (χ1v) is 10.4. The second-order valence-electron chi connectivity index (χ2n) is 7.29. The van der Waals surface area contributed by atoms with Crippen molar-refractivity contribution in [1.29, 1.82) is 5.26 Å². The molecule has 0 unspecified atom stereocenters. The third-order valence-electron chi connectivity index (χ3n) is 4.94. The normalized spacial score (nSPS) is 11.2. The standard InChI is InChI=1S/C25H23F3N4O2/c1-30-24(31-7-8-33-2)11-17-5-6-18(10-22(17)28)23-12-20(26)13-25(32-23)34-15-19-4-3-16(14-29)9-21(19)27/h3-6,9-10,12-13H,7-8,11,15H2,1-2H3,(H,30,31). The van der Waals surface area contributed by atoms with Crippen molar-refractivity contribution in [3.05, 3.63) is 82.7 Å². The lowest BCUT2D eigenvalue weighted by atomic mass is 10.0. The van der Waals surface area contributed by atoms with E-state index in [1.807, 2.05) is 6.07 Å². The quantitative estimate of drug-likeness (QED) is 0.286. The highest BCUT2D eigenvalue weighted by Gasteiger charge is 2.12. The van der Waals surface area contributed by atoms with Crippen LogP contribution < -0.4 is 10.1 Å². The number of aromatic nitrogens is 1. The Labute approximate surface area is 195 Å². The van der Waals surface area contributed by atoms with E-state index in [2.05, 4.69) is 15.3 Å². The van der Waals surface area contributed by atoms with E-state index in [4.69, 9.17) is 14.7 Å². The van der Waals surface area contributed by atoms with Gasteiger partial charge in [0.05, 0.1) is 23.9 Å². The molecule has 0 saturated heterocycles. The summed E-state index contributed by atoms with van der Waals surface area (Å²) in [4.78, 5) is 8.35. The summed E-state index contributed by atoms with van der Waals surface area (Å²) in [5.74, 6) is -1.20. The Hall–Kier alpha value is -3.90. The molecule has 0 atom stereocenters. The summed E-state index contributed by atoms with van der Waals surface area (Å²) in [5.41, 5.74) is 1.31. The lowest BCUT2D eigenvalue weighted by molar-refractivity contribution is 0.204. The SMILES string of the molecule is C/N=C(/Cc1ccc(-c2cc(F)cc(OCc3ccc(C#N)cc3F)n2)cc1F)NCCOC. The van der Waals surface area contributed by atoms with Crippen molar-refractivity contribution in [3.63, 3.8) is 0 Å². The molecule has 0 bridgehead atoms. The zero-order valence-electron chi connectivity index (χ0n) is 18.7. The number of halogens is 3. The molecule has 9 heteroatoms. The van der Waals surface area contributed by atoms with Crippen LogP contribution in [0.1, 0.15) is 16.7 Å². The Balaban J connectivity index is 1.75.